The van der Waals surface area contributed by atoms with Gasteiger partial charge in [0.25, 0.3) is 0 Å². The van der Waals surface area contributed by atoms with Crippen molar-refractivity contribution in [3.05, 3.63) is 35.2 Å². The van der Waals surface area contributed by atoms with E-state index in [0.29, 0.717) is 18.1 Å². The first-order valence-corrected chi connectivity index (χ1v) is 9.76. The molecule has 6 nitrogen and oxygen atoms in total. The van der Waals surface area contributed by atoms with E-state index in [4.69, 9.17) is 0 Å². The smallest absolute Gasteiger partial charge is 0.320 e. The van der Waals surface area contributed by atoms with E-state index in [1.807, 2.05) is 17.5 Å². The third-order valence-electron chi connectivity index (χ3n) is 4.53. The van der Waals surface area contributed by atoms with Crippen molar-refractivity contribution < 1.29 is 14.7 Å². The molecular formula is C19H23N3O3S. The summed E-state index contributed by atoms with van der Waals surface area (Å²) >= 11 is 1.37. The Labute approximate surface area is 156 Å². The Bertz CT molecular complexity index is 773. The van der Waals surface area contributed by atoms with Crippen LogP contribution in [0.25, 0.3) is 11.3 Å². The highest BCUT2D eigenvalue weighted by atomic mass is 32.1. The van der Waals surface area contributed by atoms with Crippen LogP contribution < -0.4 is 5.32 Å². The molecule has 1 amide bonds. The number of carboxylic acid groups (broad SMARTS) is 1. The maximum atomic E-state index is 12.2. The molecule has 0 radical (unpaired) electrons. The van der Waals surface area contributed by atoms with Crippen molar-refractivity contribution in [3.8, 4) is 11.3 Å². The van der Waals surface area contributed by atoms with Gasteiger partial charge in [-0.2, -0.15) is 0 Å². The Hall–Kier alpha value is -2.25. The second kappa shape index (κ2) is 8.42. The summed E-state index contributed by atoms with van der Waals surface area (Å²) in [5, 5.41) is 14.4. The topological polar surface area (TPSA) is 82.5 Å². The molecule has 1 aromatic carbocycles. The molecule has 2 heterocycles. The lowest BCUT2D eigenvalue weighted by atomic mass is 10.1. The molecule has 0 spiro atoms. The second-order valence-electron chi connectivity index (χ2n) is 6.50. The molecule has 0 aliphatic carbocycles. The van der Waals surface area contributed by atoms with E-state index in [2.05, 4.69) is 29.4 Å². The van der Waals surface area contributed by atoms with Gasteiger partial charge in [0.05, 0.1) is 12.2 Å². The summed E-state index contributed by atoms with van der Waals surface area (Å²) in [6.07, 6.45) is 3.58. The number of carbonyl (C=O) groups excluding carboxylic acids is 1. The zero-order valence-electron chi connectivity index (χ0n) is 14.8. The zero-order chi connectivity index (χ0) is 18.5. The molecule has 1 aliphatic rings. The summed E-state index contributed by atoms with van der Waals surface area (Å²) in [5.74, 6) is -1.09. The molecule has 26 heavy (non-hydrogen) atoms. The summed E-state index contributed by atoms with van der Waals surface area (Å²) in [5.41, 5.74) is 3.16. The molecular weight excluding hydrogens is 350 g/mol. The van der Waals surface area contributed by atoms with Crippen molar-refractivity contribution in [2.75, 3.05) is 18.4 Å². The largest absolute Gasteiger partial charge is 0.480 e. The first-order valence-electron chi connectivity index (χ1n) is 8.88. The lowest BCUT2D eigenvalue weighted by Crippen LogP contribution is -2.40. The number of aliphatic carboxylic acids is 1. The monoisotopic (exact) mass is 373 g/mol. The van der Waals surface area contributed by atoms with Gasteiger partial charge in [-0.1, -0.05) is 37.6 Å². The van der Waals surface area contributed by atoms with Crippen LogP contribution in [0.15, 0.2) is 29.6 Å². The number of thiazole rings is 1. The van der Waals surface area contributed by atoms with Gasteiger partial charge in [0.2, 0.25) is 5.91 Å². The molecule has 1 atom stereocenters. The normalized spacial score (nSPS) is 17.3. The molecule has 1 fully saturated rings. The standard InChI is InChI=1S/C19H23N3O3S/c1-2-4-13-6-8-14(9-7-13)15-12-26-19(20-15)21-17(23)11-22-10-3-5-16(22)18(24)25/h6-9,12,16H,2-5,10-11H2,1H3,(H,24,25)(H,20,21,23). The molecule has 1 aliphatic heterocycles. The van der Waals surface area contributed by atoms with Gasteiger partial charge in [-0.05, 0) is 31.4 Å². The fraction of sp³-hybridized carbons (Fsp3) is 0.421. The van der Waals surface area contributed by atoms with Crippen LogP contribution in [-0.4, -0.2) is 46.0 Å². The van der Waals surface area contributed by atoms with Gasteiger partial charge >= 0.3 is 5.97 Å². The highest BCUT2D eigenvalue weighted by molar-refractivity contribution is 7.14. The van der Waals surface area contributed by atoms with Gasteiger partial charge in [0.15, 0.2) is 5.13 Å². The van der Waals surface area contributed by atoms with Crippen LogP contribution in [0, 0.1) is 0 Å². The Morgan fingerprint density at radius 1 is 1.35 bits per heavy atom. The van der Waals surface area contributed by atoms with Gasteiger partial charge in [-0.15, -0.1) is 11.3 Å². The van der Waals surface area contributed by atoms with Crippen molar-refractivity contribution >= 4 is 28.3 Å². The highest BCUT2D eigenvalue weighted by Crippen LogP contribution is 2.25. The van der Waals surface area contributed by atoms with Crippen molar-refractivity contribution in [3.63, 3.8) is 0 Å². The molecule has 2 N–H and O–H groups in total. The molecule has 0 saturated carbocycles. The summed E-state index contributed by atoms with van der Waals surface area (Å²) < 4.78 is 0. The number of nitrogens with one attached hydrogen (secondary N) is 1. The predicted molar refractivity (Wildman–Crippen MR) is 102 cm³/mol. The third-order valence-corrected chi connectivity index (χ3v) is 5.29. The van der Waals surface area contributed by atoms with E-state index in [0.717, 1.165) is 30.5 Å². The zero-order valence-corrected chi connectivity index (χ0v) is 15.6. The van der Waals surface area contributed by atoms with E-state index in [1.54, 1.807) is 4.90 Å². The fourth-order valence-electron chi connectivity index (χ4n) is 3.23. The first-order chi connectivity index (χ1) is 12.6. The Balaban J connectivity index is 1.59. The number of nitrogens with zero attached hydrogens (tertiary/aromatic N) is 2. The molecule has 2 aromatic rings. The van der Waals surface area contributed by atoms with Gasteiger partial charge < -0.3 is 10.4 Å². The Morgan fingerprint density at radius 2 is 2.12 bits per heavy atom. The van der Waals surface area contributed by atoms with E-state index in [1.165, 1.54) is 16.9 Å². The molecule has 1 aromatic heterocycles. The number of benzene rings is 1. The summed E-state index contributed by atoms with van der Waals surface area (Å²) in [4.78, 5) is 29.6. The molecule has 138 valence electrons. The van der Waals surface area contributed by atoms with Crippen LogP contribution >= 0.6 is 11.3 Å². The number of anilines is 1. The minimum absolute atomic E-state index is 0.0809. The summed E-state index contributed by atoms with van der Waals surface area (Å²) in [7, 11) is 0. The number of likely N-dealkylation sites (tertiary alicyclic amines) is 1. The van der Waals surface area contributed by atoms with E-state index < -0.39 is 12.0 Å². The molecule has 1 unspecified atom stereocenters. The Morgan fingerprint density at radius 3 is 2.81 bits per heavy atom. The third kappa shape index (κ3) is 4.47. The van der Waals surface area contributed by atoms with Gasteiger partial charge in [-0.25, -0.2) is 4.98 Å². The quantitative estimate of drug-likeness (QED) is 0.778. The van der Waals surface area contributed by atoms with Crippen LogP contribution in [0.1, 0.15) is 31.7 Å². The average Bonchev–Trinajstić information content (AvgIpc) is 3.25. The van der Waals surface area contributed by atoms with Crippen LogP contribution in [0.3, 0.4) is 0 Å². The highest BCUT2D eigenvalue weighted by Gasteiger charge is 2.31. The first kappa shape index (κ1) is 18.5. The molecule has 1 saturated heterocycles. The van der Waals surface area contributed by atoms with Crippen molar-refractivity contribution in [2.24, 2.45) is 0 Å². The van der Waals surface area contributed by atoms with Gasteiger partial charge in [-0.3, -0.25) is 14.5 Å². The van der Waals surface area contributed by atoms with E-state index in [9.17, 15) is 14.7 Å². The maximum Gasteiger partial charge on any atom is 0.320 e. The summed E-state index contributed by atoms with van der Waals surface area (Å²) in [6, 6.07) is 7.75. The van der Waals surface area contributed by atoms with Gasteiger partial charge in [0.1, 0.15) is 6.04 Å². The Kier molecular flexibility index (Phi) is 6.00. The fourth-order valence-corrected chi connectivity index (χ4v) is 3.97. The van der Waals surface area contributed by atoms with Crippen LogP contribution in [-0.2, 0) is 16.0 Å². The predicted octanol–water partition coefficient (Wildman–Crippen LogP) is 3.25. The number of carbonyl (C=O) groups is 2. The number of aryl methyl sites for hydroxylation is 1. The minimum Gasteiger partial charge on any atom is -0.480 e. The second-order valence-corrected chi connectivity index (χ2v) is 7.36. The lowest BCUT2D eigenvalue weighted by Gasteiger charge is -2.19. The number of hydrogen-bond donors (Lipinski definition) is 2. The maximum absolute atomic E-state index is 12.2. The van der Waals surface area contributed by atoms with E-state index in [-0.39, 0.29) is 12.5 Å². The lowest BCUT2D eigenvalue weighted by molar-refractivity contribution is -0.142. The van der Waals surface area contributed by atoms with Crippen molar-refractivity contribution in [1.29, 1.82) is 0 Å². The van der Waals surface area contributed by atoms with Crippen LogP contribution in [0.4, 0.5) is 5.13 Å². The molecule has 0 bridgehead atoms. The number of rotatable bonds is 7. The number of hydrogen-bond acceptors (Lipinski definition) is 5. The minimum atomic E-state index is -0.863. The van der Waals surface area contributed by atoms with Crippen molar-refractivity contribution in [2.45, 2.75) is 38.6 Å². The SMILES string of the molecule is CCCc1ccc(-c2csc(NC(=O)CN3CCCC3C(=O)O)n2)cc1. The average molecular weight is 373 g/mol. The van der Waals surface area contributed by atoms with Crippen LogP contribution in [0.5, 0.6) is 0 Å². The van der Waals surface area contributed by atoms with Crippen LogP contribution in [0.2, 0.25) is 0 Å². The van der Waals surface area contributed by atoms with Gasteiger partial charge in [0, 0.05) is 10.9 Å². The number of carboxylic acids is 1. The number of amides is 1. The molecule has 7 heteroatoms. The molecule has 3 rings (SSSR count). The summed E-state index contributed by atoms with van der Waals surface area (Å²) in [6.45, 7) is 2.87. The van der Waals surface area contributed by atoms with Crippen molar-refractivity contribution in [1.82, 2.24) is 9.88 Å². The number of aromatic nitrogens is 1. The van der Waals surface area contributed by atoms with E-state index >= 15 is 0 Å².